The van der Waals surface area contributed by atoms with Gasteiger partial charge in [-0.2, -0.15) is 0 Å². The first-order chi connectivity index (χ1) is 14.9. The minimum atomic E-state index is -0.618. The number of nitrogens with zero attached hydrogens (tertiary/aromatic N) is 1. The first-order valence-corrected chi connectivity index (χ1v) is 10.5. The molecule has 3 rings (SSSR count). The summed E-state index contributed by atoms with van der Waals surface area (Å²) in [4.78, 5) is 38.4. The lowest BCUT2D eigenvalue weighted by Gasteiger charge is -2.14. The van der Waals surface area contributed by atoms with Crippen LogP contribution in [0.4, 0.5) is 0 Å². The third kappa shape index (κ3) is 5.83. The van der Waals surface area contributed by atoms with E-state index in [4.69, 9.17) is 17.0 Å². The maximum absolute atomic E-state index is 12.7. The number of hydrazine groups is 1. The summed E-state index contributed by atoms with van der Waals surface area (Å²) in [5, 5.41) is 9.42. The van der Waals surface area contributed by atoms with Crippen LogP contribution >= 0.6 is 24.0 Å². The second kappa shape index (κ2) is 10.1. The van der Waals surface area contributed by atoms with Crippen molar-refractivity contribution in [3.63, 3.8) is 0 Å². The predicted molar refractivity (Wildman–Crippen MR) is 121 cm³/mol. The lowest BCUT2D eigenvalue weighted by Crippen LogP contribution is -2.47. The maximum atomic E-state index is 12.7. The number of thiocarbonyl (C=S) groups is 1. The summed E-state index contributed by atoms with van der Waals surface area (Å²) >= 11 is 6.32. The van der Waals surface area contributed by atoms with Crippen LogP contribution < -0.4 is 15.6 Å². The van der Waals surface area contributed by atoms with Gasteiger partial charge in [0.2, 0.25) is 0 Å². The molecular weight excluding hydrogens is 438 g/mol. The number of thioether (sulfide) groups is 1. The Morgan fingerprint density at radius 1 is 1.19 bits per heavy atom. The van der Waals surface area contributed by atoms with E-state index >= 15 is 0 Å². The fourth-order valence-corrected chi connectivity index (χ4v) is 3.90. The van der Waals surface area contributed by atoms with Gasteiger partial charge in [-0.05, 0) is 48.9 Å². The Bertz CT molecular complexity index is 1050. The monoisotopic (exact) mass is 457 g/mol. The maximum Gasteiger partial charge on any atom is 0.269 e. The van der Waals surface area contributed by atoms with E-state index < -0.39 is 17.7 Å². The zero-order valence-corrected chi connectivity index (χ0v) is 18.1. The van der Waals surface area contributed by atoms with E-state index in [0.29, 0.717) is 11.5 Å². The molecule has 0 atom stereocenters. The van der Waals surface area contributed by atoms with Gasteiger partial charge in [-0.25, -0.2) is 0 Å². The summed E-state index contributed by atoms with van der Waals surface area (Å²) in [7, 11) is 0. The zero-order chi connectivity index (χ0) is 22.4. The molecule has 0 spiro atoms. The van der Waals surface area contributed by atoms with Crippen LogP contribution in [0.15, 0.2) is 53.4 Å². The van der Waals surface area contributed by atoms with Crippen LogP contribution in [0.3, 0.4) is 0 Å². The summed E-state index contributed by atoms with van der Waals surface area (Å²) in [6, 6.07) is 12.9. The number of benzene rings is 2. The summed E-state index contributed by atoms with van der Waals surface area (Å²) in [6.07, 6.45) is 1.69. The number of rotatable bonds is 6. The van der Waals surface area contributed by atoms with Crippen LogP contribution in [0.2, 0.25) is 0 Å². The minimum absolute atomic E-state index is 0.0733. The largest absolute Gasteiger partial charge is 0.508 e. The normalized spacial score (nSPS) is 14.6. The summed E-state index contributed by atoms with van der Waals surface area (Å²) in [5.74, 6) is -0.956. The Kier molecular flexibility index (Phi) is 7.27. The molecule has 8 nitrogen and oxygen atoms in total. The van der Waals surface area contributed by atoms with E-state index in [-0.39, 0.29) is 22.2 Å². The molecule has 2 aromatic rings. The Morgan fingerprint density at radius 2 is 1.94 bits per heavy atom. The van der Waals surface area contributed by atoms with E-state index in [0.717, 1.165) is 28.0 Å². The van der Waals surface area contributed by atoms with Crippen LogP contribution in [0.5, 0.6) is 11.5 Å². The van der Waals surface area contributed by atoms with Crippen molar-refractivity contribution in [2.45, 2.75) is 6.92 Å². The molecule has 0 bridgehead atoms. The van der Waals surface area contributed by atoms with Crippen molar-refractivity contribution in [2.75, 3.05) is 13.2 Å². The summed E-state index contributed by atoms with van der Waals surface area (Å²) in [5.41, 5.74) is 5.44. The molecule has 0 saturated carbocycles. The van der Waals surface area contributed by atoms with Crippen molar-refractivity contribution in [3.8, 4) is 11.5 Å². The van der Waals surface area contributed by atoms with E-state index in [9.17, 15) is 19.5 Å². The fourth-order valence-electron chi connectivity index (χ4n) is 2.64. The molecule has 0 unspecified atom stereocenters. The molecule has 160 valence electrons. The summed E-state index contributed by atoms with van der Waals surface area (Å²) < 4.78 is 5.64. The second-order valence-electron chi connectivity index (χ2n) is 6.32. The van der Waals surface area contributed by atoms with Crippen LogP contribution in [-0.2, 0) is 9.59 Å². The molecule has 1 heterocycles. The number of hydrogen-bond donors (Lipinski definition) is 3. The minimum Gasteiger partial charge on any atom is -0.508 e. The average molecular weight is 458 g/mol. The Balaban J connectivity index is 1.57. The number of phenolic OH excluding ortho intramolecular Hbond substituents is 1. The van der Waals surface area contributed by atoms with Crippen molar-refractivity contribution in [3.05, 3.63) is 64.6 Å². The molecule has 31 heavy (non-hydrogen) atoms. The number of amides is 3. The molecule has 0 aliphatic carbocycles. The Labute approximate surface area is 188 Å². The van der Waals surface area contributed by atoms with Crippen LogP contribution in [0.25, 0.3) is 6.08 Å². The van der Waals surface area contributed by atoms with Gasteiger partial charge < -0.3 is 9.84 Å². The highest BCUT2D eigenvalue weighted by molar-refractivity contribution is 8.26. The van der Waals surface area contributed by atoms with Gasteiger partial charge in [-0.3, -0.25) is 30.1 Å². The number of nitrogens with one attached hydrogen (secondary N) is 2. The van der Waals surface area contributed by atoms with Gasteiger partial charge in [0.15, 0.2) is 0 Å². The number of carbonyl (C=O) groups excluding carboxylic acids is 3. The van der Waals surface area contributed by atoms with Gasteiger partial charge in [-0.15, -0.1) is 0 Å². The molecule has 1 saturated heterocycles. The third-order valence-electron chi connectivity index (χ3n) is 4.09. The number of ether oxygens (including phenoxy) is 1. The number of aromatic hydroxyl groups is 1. The molecule has 1 fully saturated rings. The van der Waals surface area contributed by atoms with Crippen molar-refractivity contribution in [1.29, 1.82) is 0 Å². The smallest absolute Gasteiger partial charge is 0.269 e. The molecule has 1 aliphatic heterocycles. The topological polar surface area (TPSA) is 108 Å². The van der Waals surface area contributed by atoms with Gasteiger partial charge in [0.05, 0.1) is 11.5 Å². The Hall–Kier alpha value is -3.37. The molecule has 1 aliphatic rings. The lowest BCUT2D eigenvalue weighted by atomic mass is 10.2. The van der Waals surface area contributed by atoms with Gasteiger partial charge >= 0.3 is 0 Å². The highest BCUT2D eigenvalue weighted by Crippen LogP contribution is 2.32. The quantitative estimate of drug-likeness (QED) is 0.347. The number of carbonyl (C=O) groups is 3. The zero-order valence-electron chi connectivity index (χ0n) is 16.5. The van der Waals surface area contributed by atoms with Gasteiger partial charge in [-0.1, -0.05) is 42.2 Å². The SMILES string of the molecule is CCOc1ccc(/C=C2\SC(=S)N(CC(=O)NNC(=O)c3cccc(O)c3)C2=O)cc1. The van der Waals surface area contributed by atoms with Crippen molar-refractivity contribution in [1.82, 2.24) is 15.8 Å². The fraction of sp³-hybridized carbons (Fsp3) is 0.143. The van der Waals surface area contributed by atoms with Gasteiger partial charge in [0, 0.05) is 5.56 Å². The summed E-state index contributed by atoms with van der Waals surface area (Å²) in [6.45, 7) is 2.12. The molecule has 10 heteroatoms. The first-order valence-electron chi connectivity index (χ1n) is 9.24. The third-order valence-corrected chi connectivity index (χ3v) is 5.47. The molecule has 0 aromatic heterocycles. The Morgan fingerprint density at radius 3 is 2.61 bits per heavy atom. The van der Waals surface area contributed by atoms with Crippen molar-refractivity contribution >= 4 is 52.1 Å². The molecule has 0 radical (unpaired) electrons. The first kappa shape index (κ1) is 22.3. The lowest BCUT2D eigenvalue weighted by molar-refractivity contribution is -0.129. The number of phenols is 1. The number of hydrogen-bond acceptors (Lipinski definition) is 7. The molecular formula is C21H19N3O5S2. The average Bonchev–Trinajstić information content (AvgIpc) is 3.01. The van der Waals surface area contributed by atoms with Gasteiger partial charge in [0.1, 0.15) is 22.4 Å². The van der Waals surface area contributed by atoms with E-state index in [1.54, 1.807) is 18.2 Å². The second-order valence-corrected chi connectivity index (χ2v) is 8.00. The van der Waals surface area contributed by atoms with E-state index in [1.807, 2.05) is 19.1 Å². The highest BCUT2D eigenvalue weighted by Gasteiger charge is 2.33. The van der Waals surface area contributed by atoms with Crippen molar-refractivity contribution < 1.29 is 24.2 Å². The van der Waals surface area contributed by atoms with Gasteiger partial charge in [0.25, 0.3) is 17.7 Å². The molecule has 2 aromatic carbocycles. The standard InChI is InChI=1S/C21H19N3O5S2/c1-2-29-16-8-6-13(7-9-16)10-17-20(28)24(21(30)31-17)12-18(26)22-23-19(27)14-4-3-5-15(25)11-14/h3-11,25H,2,12H2,1H3,(H,22,26)(H,23,27)/b17-10-. The van der Waals surface area contributed by atoms with E-state index in [2.05, 4.69) is 10.9 Å². The van der Waals surface area contributed by atoms with Crippen LogP contribution in [0, 0.1) is 0 Å². The van der Waals surface area contributed by atoms with Crippen LogP contribution in [0.1, 0.15) is 22.8 Å². The molecule has 3 N–H and O–H groups in total. The highest BCUT2D eigenvalue weighted by atomic mass is 32.2. The van der Waals surface area contributed by atoms with Crippen LogP contribution in [-0.4, -0.2) is 45.2 Å². The molecule has 3 amide bonds. The predicted octanol–water partition coefficient (Wildman–Crippen LogP) is 2.45. The van der Waals surface area contributed by atoms with Crippen molar-refractivity contribution in [2.24, 2.45) is 0 Å². The van der Waals surface area contributed by atoms with E-state index in [1.165, 1.54) is 24.3 Å².